The van der Waals surface area contributed by atoms with E-state index in [-0.39, 0.29) is 5.54 Å². The highest BCUT2D eigenvalue weighted by atomic mass is 16.5. The molecule has 0 radical (unpaired) electrons. The molecule has 1 aliphatic rings. The molecule has 3 N–H and O–H groups in total. The smallest absolute Gasteiger partial charge is 0.0741 e. The molecule has 4 heteroatoms. The van der Waals surface area contributed by atoms with Gasteiger partial charge in [0.2, 0.25) is 0 Å². The van der Waals surface area contributed by atoms with Gasteiger partial charge in [-0.1, -0.05) is 0 Å². The Bertz CT molecular complexity index is 229. The van der Waals surface area contributed by atoms with Gasteiger partial charge in [0.1, 0.15) is 0 Å². The molecule has 0 amide bonds. The summed E-state index contributed by atoms with van der Waals surface area (Å²) >= 11 is 0. The Hall–Kier alpha value is -0.160. The fourth-order valence-electron chi connectivity index (χ4n) is 2.22. The quantitative estimate of drug-likeness (QED) is 0.684. The first-order valence-electron chi connectivity index (χ1n) is 6.63. The summed E-state index contributed by atoms with van der Waals surface area (Å²) in [5.74, 6) is 0. The van der Waals surface area contributed by atoms with E-state index < -0.39 is 5.60 Å². The fourth-order valence-corrected chi connectivity index (χ4v) is 2.22. The Morgan fingerprint density at radius 3 is 2.71 bits per heavy atom. The van der Waals surface area contributed by atoms with E-state index in [0.717, 1.165) is 45.6 Å². The summed E-state index contributed by atoms with van der Waals surface area (Å²) in [4.78, 5) is 2.48. The minimum atomic E-state index is -0.694. The van der Waals surface area contributed by atoms with Crippen LogP contribution >= 0.6 is 0 Å². The van der Waals surface area contributed by atoms with Gasteiger partial charge in [-0.25, -0.2) is 0 Å². The maximum Gasteiger partial charge on any atom is 0.0741 e. The third kappa shape index (κ3) is 4.92. The molecule has 102 valence electrons. The Kier molecular flexibility index (Phi) is 5.38. The number of rotatable bonds is 6. The lowest BCUT2D eigenvalue weighted by Gasteiger charge is -2.42. The van der Waals surface area contributed by atoms with Crippen molar-refractivity contribution in [3.05, 3.63) is 0 Å². The van der Waals surface area contributed by atoms with Crippen molar-refractivity contribution in [1.82, 2.24) is 4.90 Å². The van der Waals surface area contributed by atoms with E-state index in [1.54, 1.807) is 0 Å². The Balaban J connectivity index is 2.22. The molecular formula is C13H28N2O2. The molecule has 0 aromatic heterocycles. The van der Waals surface area contributed by atoms with Gasteiger partial charge in [0.25, 0.3) is 0 Å². The predicted octanol–water partition coefficient (Wildman–Crippen LogP) is 0.977. The molecule has 1 heterocycles. The molecule has 4 nitrogen and oxygen atoms in total. The maximum absolute atomic E-state index is 9.80. The van der Waals surface area contributed by atoms with Gasteiger partial charge >= 0.3 is 0 Å². The average molecular weight is 244 g/mol. The van der Waals surface area contributed by atoms with Crippen LogP contribution in [0.2, 0.25) is 0 Å². The Morgan fingerprint density at radius 2 is 2.12 bits per heavy atom. The number of hydrogen-bond donors (Lipinski definition) is 2. The second-order valence-corrected chi connectivity index (χ2v) is 6.01. The first kappa shape index (κ1) is 14.9. The van der Waals surface area contributed by atoms with Crippen molar-refractivity contribution >= 4 is 0 Å². The van der Waals surface area contributed by atoms with E-state index >= 15 is 0 Å². The topological polar surface area (TPSA) is 58.7 Å². The zero-order chi connectivity index (χ0) is 12.9. The SMILES string of the molecule is CC(O)(CN)CCCCN1CCOCC1(C)C. The van der Waals surface area contributed by atoms with Gasteiger partial charge in [0, 0.05) is 18.6 Å². The molecule has 1 aliphatic heterocycles. The number of nitrogens with two attached hydrogens (primary N) is 1. The summed E-state index contributed by atoms with van der Waals surface area (Å²) < 4.78 is 5.49. The largest absolute Gasteiger partial charge is 0.389 e. The molecular weight excluding hydrogens is 216 g/mol. The van der Waals surface area contributed by atoms with E-state index in [2.05, 4.69) is 18.7 Å². The number of unbranched alkanes of at least 4 members (excludes halogenated alkanes) is 1. The number of nitrogens with zero attached hydrogens (tertiary/aromatic N) is 1. The van der Waals surface area contributed by atoms with Gasteiger partial charge in [-0.15, -0.1) is 0 Å². The van der Waals surface area contributed by atoms with Crippen LogP contribution in [0.4, 0.5) is 0 Å². The van der Waals surface area contributed by atoms with Crippen LogP contribution < -0.4 is 5.73 Å². The second kappa shape index (κ2) is 6.14. The second-order valence-electron chi connectivity index (χ2n) is 6.01. The minimum absolute atomic E-state index is 0.147. The van der Waals surface area contributed by atoms with E-state index in [9.17, 15) is 5.11 Å². The molecule has 0 saturated carbocycles. The molecule has 1 unspecified atom stereocenters. The summed E-state index contributed by atoms with van der Waals surface area (Å²) in [6.45, 7) is 10.3. The number of morpholine rings is 1. The van der Waals surface area contributed by atoms with Gasteiger partial charge < -0.3 is 15.6 Å². The van der Waals surface area contributed by atoms with Crippen LogP contribution in [0.3, 0.4) is 0 Å². The molecule has 0 aromatic rings. The zero-order valence-corrected chi connectivity index (χ0v) is 11.5. The Morgan fingerprint density at radius 1 is 1.41 bits per heavy atom. The van der Waals surface area contributed by atoms with E-state index in [0.29, 0.717) is 6.54 Å². The van der Waals surface area contributed by atoms with E-state index in [1.165, 1.54) is 0 Å². The summed E-state index contributed by atoms with van der Waals surface area (Å²) in [5, 5.41) is 9.80. The van der Waals surface area contributed by atoms with Crippen molar-refractivity contribution in [2.75, 3.05) is 32.8 Å². The van der Waals surface area contributed by atoms with Crippen molar-refractivity contribution in [3.63, 3.8) is 0 Å². The van der Waals surface area contributed by atoms with Crippen molar-refractivity contribution < 1.29 is 9.84 Å². The zero-order valence-electron chi connectivity index (χ0n) is 11.5. The van der Waals surface area contributed by atoms with Crippen LogP contribution in [-0.4, -0.2) is 54.0 Å². The van der Waals surface area contributed by atoms with Crippen LogP contribution in [0.25, 0.3) is 0 Å². The lowest BCUT2D eigenvalue weighted by Crippen LogP contribution is -2.53. The molecule has 1 atom stereocenters. The summed E-state index contributed by atoms with van der Waals surface area (Å²) in [7, 11) is 0. The Labute approximate surface area is 105 Å². The minimum Gasteiger partial charge on any atom is -0.389 e. The van der Waals surface area contributed by atoms with Crippen molar-refractivity contribution in [2.24, 2.45) is 5.73 Å². The first-order chi connectivity index (χ1) is 7.87. The van der Waals surface area contributed by atoms with Crippen LogP contribution in [0.15, 0.2) is 0 Å². The highest BCUT2D eigenvalue weighted by molar-refractivity contribution is 4.84. The normalized spacial score (nSPS) is 24.5. The lowest BCUT2D eigenvalue weighted by atomic mass is 9.98. The molecule has 0 aliphatic carbocycles. The summed E-state index contributed by atoms with van der Waals surface area (Å²) in [6.07, 6.45) is 2.92. The van der Waals surface area contributed by atoms with Crippen LogP contribution in [0.1, 0.15) is 40.0 Å². The van der Waals surface area contributed by atoms with Crippen molar-refractivity contribution in [3.8, 4) is 0 Å². The highest BCUT2D eigenvalue weighted by Crippen LogP contribution is 2.20. The molecule has 1 rings (SSSR count). The van der Waals surface area contributed by atoms with Crippen LogP contribution in [-0.2, 0) is 4.74 Å². The monoisotopic (exact) mass is 244 g/mol. The van der Waals surface area contributed by atoms with Gasteiger partial charge in [0.15, 0.2) is 0 Å². The van der Waals surface area contributed by atoms with Gasteiger partial charge in [-0.2, -0.15) is 0 Å². The first-order valence-corrected chi connectivity index (χ1v) is 6.63. The average Bonchev–Trinajstić information content (AvgIpc) is 2.26. The van der Waals surface area contributed by atoms with Crippen molar-refractivity contribution in [2.45, 2.75) is 51.2 Å². The van der Waals surface area contributed by atoms with Gasteiger partial charge in [-0.3, -0.25) is 4.90 Å². The van der Waals surface area contributed by atoms with E-state index in [1.807, 2.05) is 6.92 Å². The molecule has 17 heavy (non-hydrogen) atoms. The molecule has 1 fully saturated rings. The summed E-state index contributed by atoms with van der Waals surface area (Å²) in [6, 6.07) is 0. The third-order valence-electron chi connectivity index (χ3n) is 3.65. The number of hydrogen-bond acceptors (Lipinski definition) is 4. The standard InChI is InChI=1S/C13H28N2O2/c1-12(2)11-17-9-8-15(12)7-5-4-6-13(3,16)10-14/h16H,4-11,14H2,1-3H3. The highest BCUT2D eigenvalue weighted by Gasteiger charge is 2.29. The lowest BCUT2D eigenvalue weighted by molar-refractivity contribution is -0.0519. The van der Waals surface area contributed by atoms with Gasteiger partial charge in [0.05, 0.1) is 18.8 Å². The van der Waals surface area contributed by atoms with Crippen LogP contribution in [0.5, 0.6) is 0 Å². The van der Waals surface area contributed by atoms with Gasteiger partial charge in [-0.05, 0) is 46.6 Å². The summed E-state index contributed by atoms with van der Waals surface area (Å²) in [5.41, 5.74) is 4.95. The molecule has 0 spiro atoms. The molecule has 1 saturated heterocycles. The number of aliphatic hydroxyl groups is 1. The number of ether oxygens (including phenoxy) is 1. The fraction of sp³-hybridized carbons (Fsp3) is 1.00. The van der Waals surface area contributed by atoms with Crippen LogP contribution in [0, 0.1) is 0 Å². The molecule has 0 aromatic carbocycles. The molecule has 0 bridgehead atoms. The predicted molar refractivity (Wildman–Crippen MR) is 70.0 cm³/mol. The van der Waals surface area contributed by atoms with Crippen molar-refractivity contribution in [1.29, 1.82) is 0 Å². The maximum atomic E-state index is 9.80. The van der Waals surface area contributed by atoms with E-state index in [4.69, 9.17) is 10.5 Å². The third-order valence-corrected chi connectivity index (χ3v) is 3.65.